The van der Waals surface area contributed by atoms with Gasteiger partial charge in [-0.15, -0.1) is 0 Å². The molecule has 0 fully saturated rings. The molecule has 1 heterocycles. The Morgan fingerprint density at radius 1 is 0.828 bits per heavy atom. The summed E-state index contributed by atoms with van der Waals surface area (Å²) in [5, 5.41) is 0. The number of hydrogen-bond acceptors (Lipinski definition) is 1. The minimum atomic E-state index is -0.184. The highest BCUT2D eigenvalue weighted by molar-refractivity contribution is 5.48. The van der Waals surface area contributed by atoms with Crippen molar-refractivity contribution in [2.24, 2.45) is 0 Å². The van der Waals surface area contributed by atoms with E-state index >= 15 is 0 Å². The van der Waals surface area contributed by atoms with Crippen molar-refractivity contribution in [3.63, 3.8) is 0 Å². The molecule has 0 saturated carbocycles. The Morgan fingerprint density at radius 3 is 2.24 bits per heavy atom. The van der Waals surface area contributed by atoms with Crippen LogP contribution in [0.1, 0.15) is 34.7 Å². The molecule has 2 heteroatoms. The van der Waals surface area contributed by atoms with Crippen molar-refractivity contribution < 1.29 is 4.39 Å². The predicted molar refractivity (Wildman–Crippen MR) is 119 cm³/mol. The fourth-order valence-electron chi connectivity index (χ4n) is 3.84. The number of benzene rings is 3. The lowest BCUT2D eigenvalue weighted by Gasteiger charge is -2.32. The van der Waals surface area contributed by atoms with Gasteiger partial charge in [0.05, 0.1) is 0 Å². The summed E-state index contributed by atoms with van der Waals surface area (Å²) in [6.45, 7) is 1.91. The molecule has 29 heavy (non-hydrogen) atoms. The molecule has 1 aliphatic heterocycles. The molecule has 1 aliphatic rings. The molecule has 0 radical (unpaired) electrons. The van der Waals surface area contributed by atoms with Crippen molar-refractivity contribution in [2.45, 2.75) is 18.9 Å². The van der Waals surface area contributed by atoms with Gasteiger partial charge in [-0.1, -0.05) is 91.0 Å². The van der Waals surface area contributed by atoms with E-state index in [1.54, 1.807) is 0 Å². The molecule has 1 nitrogen and oxygen atoms in total. The standard InChI is InChI=1S/C27H26FN/c28-26-17-13-24(14-18-26)21-23-11-15-25(16-12-23)27-10-4-5-19-29(27)20-6-9-22-7-2-1-3-8-22/h1-9,11-18,27H,10,19-21H2. The van der Waals surface area contributed by atoms with E-state index in [1.165, 1.54) is 28.8 Å². The first-order chi connectivity index (χ1) is 14.3. The molecule has 3 aromatic rings. The summed E-state index contributed by atoms with van der Waals surface area (Å²) in [6, 6.07) is 26.5. The second kappa shape index (κ2) is 9.49. The van der Waals surface area contributed by atoms with Crippen LogP contribution in [0.2, 0.25) is 0 Å². The second-order valence-electron chi connectivity index (χ2n) is 7.53. The maximum atomic E-state index is 13.1. The van der Waals surface area contributed by atoms with Gasteiger partial charge in [0.15, 0.2) is 0 Å². The molecule has 0 aromatic heterocycles. The van der Waals surface area contributed by atoms with E-state index in [0.29, 0.717) is 6.04 Å². The number of rotatable bonds is 6. The maximum Gasteiger partial charge on any atom is 0.123 e. The van der Waals surface area contributed by atoms with Crippen LogP contribution in [0, 0.1) is 5.82 Å². The van der Waals surface area contributed by atoms with Crippen LogP contribution >= 0.6 is 0 Å². The molecule has 0 aliphatic carbocycles. The van der Waals surface area contributed by atoms with E-state index in [9.17, 15) is 4.39 Å². The summed E-state index contributed by atoms with van der Waals surface area (Å²) in [4.78, 5) is 2.51. The lowest BCUT2D eigenvalue weighted by atomic mass is 9.96. The first kappa shape index (κ1) is 19.4. The average molecular weight is 384 g/mol. The highest BCUT2D eigenvalue weighted by atomic mass is 19.1. The third-order valence-electron chi connectivity index (χ3n) is 5.44. The van der Waals surface area contributed by atoms with E-state index in [-0.39, 0.29) is 5.82 Å². The van der Waals surface area contributed by atoms with E-state index < -0.39 is 0 Å². The van der Waals surface area contributed by atoms with Gasteiger partial charge in [-0.05, 0) is 47.2 Å². The van der Waals surface area contributed by atoms with Gasteiger partial charge < -0.3 is 0 Å². The van der Waals surface area contributed by atoms with E-state index in [0.717, 1.165) is 31.5 Å². The number of halogens is 1. The van der Waals surface area contributed by atoms with E-state index in [1.807, 2.05) is 18.2 Å². The lowest BCUT2D eigenvalue weighted by molar-refractivity contribution is 0.234. The molecule has 3 aromatic carbocycles. The van der Waals surface area contributed by atoms with E-state index in [4.69, 9.17) is 0 Å². The molecule has 0 N–H and O–H groups in total. The Labute approximate surface area is 172 Å². The first-order valence-electron chi connectivity index (χ1n) is 10.2. The topological polar surface area (TPSA) is 3.24 Å². The van der Waals surface area contributed by atoms with Crippen molar-refractivity contribution in [1.82, 2.24) is 4.90 Å². The lowest BCUT2D eigenvalue weighted by Crippen LogP contribution is -2.31. The minimum Gasteiger partial charge on any atom is -0.289 e. The van der Waals surface area contributed by atoms with Gasteiger partial charge in [0, 0.05) is 19.1 Å². The normalized spacial score (nSPS) is 17.1. The van der Waals surface area contributed by atoms with Gasteiger partial charge in [-0.2, -0.15) is 0 Å². The Kier molecular flexibility index (Phi) is 6.33. The fraction of sp³-hybridized carbons (Fsp3) is 0.185. The van der Waals surface area contributed by atoms with E-state index in [2.05, 4.69) is 77.7 Å². The molecule has 1 atom stereocenters. The molecule has 146 valence electrons. The highest BCUT2D eigenvalue weighted by Crippen LogP contribution is 2.28. The third kappa shape index (κ3) is 5.30. The second-order valence-corrected chi connectivity index (χ2v) is 7.53. The monoisotopic (exact) mass is 383 g/mol. The molecular formula is C27H26FN. The summed E-state index contributed by atoms with van der Waals surface area (Å²) in [5.41, 5.74) is 4.97. The highest BCUT2D eigenvalue weighted by Gasteiger charge is 2.20. The largest absolute Gasteiger partial charge is 0.289 e. The maximum absolute atomic E-state index is 13.1. The van der Waals surface area contributed by atoms with Gasteiger partial charge in [0.2, 0.25) is 0 Å². The first-order valence-corrected chi connectivity index (χ1v) is 10.2. The smallest absolute Gasteiger partial charge is 0.123 e. The van der Waals surface area contributed by atoms with Crippen molar-refractivity contribution in [1.29, 1.82) is 0 Å². The Hall–Kier alpha value is -2.97. The molecule has 0 bridgehead atoms. The van der Waals surface area contributed by atoms with Gasteiger partial charge in [-0.3, -0.25) is 4.90 Å². The van der Waals surface area contributed by atoms with Crippen LogP contribution in [0.15, 0.2) is 97.1 Å². The van der Waals surface area contributed by atoms with Crippen LogP contribution in [-0.4, -0.2) is 18.0 Å². The van der Waals surface area contributed by atoms with Gasteiger partial charge in [-0.25, -0.2) is 4.39 Å². The number of hydrogen-bond donors (Lipinski definition) is 0. The molecule has 0 amide bonds. The molecule has 4 rings (SSSR count). The number of nitrogens with zero attached hydrogens (tertiary/aromatic N) is 1. The van der Waals surface area contributed by atoms with Crippen LogP contribution < -0.4 is 0 Å². The average Bonchev–Trinajstić information content (AvgIpc) is 2.77. The van der Waals surface area contributed by atoms with Crippen LogP contribution in [0.5, 0.6) is 0 Å². The van der Waals surface area contributed by atoms with Crippen LogP contribution in [0.3, 0.4) is 0 Å². The molecule has 0 spiro atoms. The van der Waals surface area contributed by atoms with Gasteiger partial charge in [0.1, 0.15) is 5.82 Å². The van der Waals surface area contributed by atoms with Crippen LogP contribution in [0.25, 0.3) is 6.08 Å². The Bertz CT molecular complexity index is 956. The molecule has 1 unspecified atom stereocenters. The SMILES string of the molecule is Fc1ccc(Cc2ccc(C3CC=CCN3CC=Cc3ccccc3)cc2)cc1. The van der Waals surface area contributed by atoms with Gasteiger partial charge >= 0.3 is 0 Å². The zero-order valence-electron chi connectivity index (χ0n) is 16.5. The van der Waals surface area contributed by atoms with Crippen LogP contribution in [-0.2, 0) is 6.42 Å². The van der Waals surface area contributed by atoms with Crippen LogP contribution in [0.4, 0.5) is 4.39 Å². The zero-order chi connectivity index (χ0) is 19.9. The third-order valence-corrected chi connectivity index (χ3v) is 5.44. The summed E-state index contributed by atoms with van der Waals surface area (Å²) >= 11 is 0. The predicted octanol–water partition coefficient (Wildman–Crippen LogP) is 6.43. The van der Waals surface area contributed by atoms with Crippen molar-refractivity contribution in [2.75, 3.05) is 13.1 Å². The summed E-state index contributed by atoms with van der Waals surface area (Å²) in [5.74, 6) is -0.184. The Balaban J connectivity index is 1.42. The van der Waals surface area contributed by atoms with Crippen molar-refractivity contribution in [3.05, 3.63) is 125 Å². The quantitative estimate of drug-likeness (QED) is 0.443. The zero-order valence-corrected chi connectivity index (χ0v) is 16.5. The fourth-order valence-corrected chi connectivity index (χ4v) is 3.84. The summed E-state index contributed by atoms with van der Waals surface area (Å²) in [6.07, 6.45) is 10.9. The molecular weight excluding hydrogens is 357 g/mol. The minimum absolute atomic E-state index is 0.184. The van der Waals surface area contributed by atoms with Crippen molar-refractivity contribution >= 4 is 6.08 Å². The van der Waals surface area contributed by atoms with Gasteiger partial charge in [0.25, 0.3) is 0 Å². The summed E-state index contributed by atoms with van der Waals surface area (Å²) < 4.78 is 13.1. The summed E-state index contributed by atoms with van der Waals surface area (Å²) in [7, 11) is 0. The Morgan fingerprint density at radius 2 is 1.52 bits per heavy atom. The van der Waals surface area contributed by atoms with Crippen molar-refractivity contribution in [3.8, 4) is 0 Å². The molecule has 0 saturated heterocycles.